The van der Waals surface area contributed by atoms with Gasteiger partial charge in [0.15, 0.2) is 11.5 Å². The molecule has 0 fully saturated rings. The summed E-state index contributed by atoms with van der Waals surface area (Å²) in [4.78, 5) is 12.3. The Morgan fingerprint density at radius 3 is 2.36 bits per heavy atom. The number of ether oxygens (including phenoxy) is 2. The van der Waals surface area contributed by atoms with Crippen LogP contribution in [0.15, 0.2) is 53.4 Å². The maximum atomic E-state index is 12.1. The Morgan fingerprint density at radius 1 is 1.11 bits per heavy atom. The molecule has 1 N–H and O–H groups in total. The van der Waals surface area contributed by atoms with Crippen molar-refractivity contribution in [3.05, 3.63) is 54.1 Å². The van der Waals surface area contributed by atoms with Crippen LogP contribution in [0.4, 0.5) is 5.69 Å². The zero-order valence-corrected chi connectivity index (χ0v) is 17.1. The Kier molecular flexibility index (Phi) is 7.19. The minimum atomic E-state index is -3.50. The van der Waals surface area contributed by atoms with Gasteiger partial charge in [0.2, 0.25) is 15.9 Å². The first kappa shape index (κ1) is 21.5. The molecule has 0 radical (unpaired) electrons. The molecular formula is C20H24N2O5S. The van der Waals surface area contributed by atoms with Crippen molar-refractivity contribution < 1.29 is 22.7 Å². The molecule has 0 unspecified atom stereocenters. The third kappa shape index (κ3) is 5.34. The summed E-state index contributed by atoms with van der Waals surface area (Å²) in [6.45, 7) is 2.42. The quantitative estimate of drug-likeness (QED) is 0.684. The molecule has 28 heavy (non-hydrogen) atoms. The van der Waals surface area contributed by atoms with Crippen LogP contribution in [0, 0.1) is 0 Å². The largest absolute Gasteiger partial charge is 0.493 e. The van der Waals surface area contributed by atoms with E-state index in [1.54, 1.807) is 37.5 Å². The molecule has 0 atom stereocenters. The molecule has 0 aromatic heterocycles. The molecule has 7 nitrogen and oxygen atoms in total. The van der Waals surface area contributed by atoms with Gasteiger partial charge < -0.3 is 14.8 Å². The number of benzene rings is 2. The molecule has 2 aromatic carbocycles. The maximum Gasteiger partial charge on any atom is 0.248 e. The molecule has 0 saturated heterocycles. The van der Waals surface area contributed by atoms with Gasteiger partial charge in [0.1, 0.15) is 0 Å². The van der Waals surface area contributed by atoms with Crippen molar-refractivity contribution >= 4 is 27.7 Å². The molecule has 1 amide bonds. The van der Waals surface area contributed by atoms with Crippen molar-refractivity contribution in [2.75, 3.05) is 33.1 Å². The van der Waals surface area contributed by atoms with E-state index in [4.69, 9.17) is 9.47 Å². The first-order chi connectivity index (χ1) is 13.3. The third-order valence-corrected chi connectivity index (χ3v) is 5.64. The lowest BCUT2D eigenvalue weighted by atomic mass is 10.2. The fourth-order valence-corrected chi connectivity index (χ4v) is 3.24. The monoisotopic (exact) mass is 404 g/mol. The second kappa shape index (κ2) is 9.38. The summed E-state index contributed by atoms with van der Waals surface area (Å²) in [7, 11) is 0.984. The highest BCUT2D eigenvalue weighted by Gasteiger charge is 2.16. The van der Waals surface area contributed by atoms with E-state index >= 15 is 0 Å². The van der Waals surface area contributed by atoms with Gasteiger partial charge in [-0.25, -0.2) is 12.7 Å². The number of hydrogen-bond donors (Lipinski definition) is 1. The predicted molar refractivity (Wildman–Crippen MR) is 109 cm³/mol. The van der Waals surface area contributed by atoms with E-state index in [1.165, 1.54) is 32.3 Å². The first-order valence-corrected chi connectivity index (χ1v) is 10.0. The van der Waals surface area contributed by atoms with E-state index in [9.17, 15) is 13.2 Å². The Morgan fingerprint density at radius 2 is 1.79 bits per heavy atom. The number of methoxy groups -OCH3 is 1. The lowest BCUT2D eigenvalue weighted by Crippen LogP contribution is -2.22. The predicted octanol–water partition coefficient (Wildman–Crippen LogP) is 3.00. The highest BCUT2D eigenvalue weighted by atomic mass is 32.2. The lowest BCUT2D eigenvalue weighted by Gasteiger charge is -2.11. The maximum absolute atomic E-state index is 12.1. The van der Waals surface area contributed by atoms with Crippen LogP contribution in [-0.2, 0) is 14.8 Å². The van der Waals surface area contributed by atoms with Gasteiger partial charge in [-0.15, -0.1) is 0 Å². The highest BCUT2D eigenvalue weighted by Crippen LogP contribution is 2.28. The first-order valence-electron chi connectivity index (χ1n) is 8.60. The number of carbonyl (C=O) groups excluding carboxylic acids is 1. The Bertz CT molecular complexity index is 951. The van der Waals surface area contributed by atoms with Gasteiger partial charge in [-0.3, -0.25) is 4.79 Å². The third-order valence-electron chi connectivity index (χ3n) is 3.82. The average Bonchev–Trinajstić information content (AvgIpc) is 2.67. The van der Waals surface area contributed by atoms with Crippen LogP contribution in [0.25, 0.3) is 6.08 Å². The van der Waals surface area contributed by atoms with Crippen molar-refractivity contribution in [2.45, 2.75) is 11.8 Å². The SMILES string of the molecule is CCOc1ccc(/C=C/C(=O)Nc2ccc(S(=O)(=O)N(C)C)cc2)cc1OC. The summed E-state index contributed by atoms with van der Waals surface area (Å²) in [6, 6.07) is 11.4. The molecular weight excluding hydrogens is 380 g/mol. The minimum Gasteiger partial charge on any atom is -0.493 e. The van der Waals surface area contributed by atoms with Crippen molar-refractivity contribution in [1.29, 1.82) is 0 Å². The van der Waals surface area contributed by atoms with Crippen LogP contribution in [0.2, 0.25) is 0 Å². The summed E-state index contributed by atoms with van der Waals surface area (Å²) in [5.41, 5.74) is 1.28. The summed E-state index contributed by atoms with van der Waals surface area (Å²) in [5, 5.41) is 2.69. The number of anilines is 1. The smallest absolute Gasteiger partial charge is 0.248 e. The van der Waals surface area contributed by atoms with E-state index < -0.39 is 10.0 Å². The van der Waals surface area contributed by atoms with Crippen LogP contribution in [0.1, 0.15) is 12.5 Å². The number of rotatable bonds is 8. The van der Waals surface area contributed by atoms with Crippen molar-refractivity contribution in [3.8, 4) is 11.5 Å². The Balaban J connectivity index is 2.06. The molecule has 0 saturated carbocycles. The number of carbonyl (C=O) groups is 1. The van der Waals surface area contributed by atoms with Gasteiger partial charge in [0.05, 0.1) is 18.6 Å². The second-order valence-electron chi connectivity index (χ2n) is 5.98. The van der Waals surface area contributed by atoms with Gasteiger partial charge in [0, 0.05) is 25.9 Å². The molecule has 150 valence electrons. The van der Waals surface area contributed by atoms with Crippen molar-refractivity contribution in [2.24, 2.45) is 0 Å². The number of amides is 1. The molecule has 0 aliphatic heterocycles. The van der Waals surface area contributed by atoms with E-state index in [0.717, 1.165) is 9.87 Å². The number of sulfonamides is 1. The molecule has 2 rings (SSSR count). The number of nitrogens with one attached hydrogen (secondary N) is 1. The molecule has 0 spiro atoms. The topological polar surface area (TPSA) is 84.9 Å². The Hall–Kier alpha value is -2.84. The summed E-state index contributed by atoms with van der Waals surface area (Å²) in [5.74, 6) is 0.887. The van der Waals surface area contributed by atoms with Crippen LogP contribution < -0.4 is 14.8 Å². The fourth-order valence-electron chi connectivity index (χ4n) is 2.34. The van der Waals surface area contributed by atoms with Gasteiger partial charge in [-0.05, 0) is 55.0 Å². The fraction of sp³-hybridized carbons (Fsp3) is 0.250. The van der Waals surface area contributed by atoms with Gasteiger partial charge >= 0.3 is 0 Å². The molecule has 0 aliphatic carbocycles. The van der Waals surface area contributed by atoms with Crippen LogP contribution in [-0.4, -0.2) is 46.4 Å². The number of hydrogen-bond acceptors (Lipinski definition) is 5. The molecule has 2 aromatic rings. The van der Waals surface area contributed by atoms with E-state index in [0.29, 0.717) is 23.8 Å². The van der Waals surface area contributed by atoms with Gasteiger partial charge in [-0.1, -0.05) is 6.07 Å². The molecule has 0 aliphatic rings. The van der Waals surface area contributed by atoms with E-state index in [2.05, 4.69) is 5.32 Å². The summed E-state index contributed by atoms with van der Waals surface area (Å²) >= 11 is 0. The Labute approximate surface area is 165 Å². The van der Waals surface area contributed by atoms with Gasteiger partial charge in [-0.2, -0.15) is 0 Å². The molecule has 8 heteroatoms. The standard InChI is InChI=1S/C20H24N2O5S/c1-5-27-18-12-6-15(14-19(18)26-4)7-13-20(23)21-16-8-10-17(11-9-16)28(24,25)22(2)3/h6-14H,5H2,1-4H3,(H,21,23)/b13-7+. The van der Waals surface area contributed by atoms with Crippen molar-refractivity contribution in [3.63, 3.8) is 0 Å². The van der Waals surface area contributed by atoms with E-state index in [1.807, 2.05) is 13.0 Å². The van der Waals surface area contributed by atoms with Crippen LogP contribution >= 0.6 is 0 Å². The van der Waals surface area contributed by atoms with Crippen LogP contribution in [0.3, 0.4) is 0 Å². The normalized spacial score (nSPS) is 11.6. The zero-order chi connectivity index (χ0) is 20.7. The number of nitrogens with zero attached hydrogens (tertiary/aromatic N) is 1. The molecule has 0 heterocycles. The lowest BCUT2D eigenvalue weighted by molar-refractivity contribution is -0.111. The molecule has 0 bridgehead atoms. The zero-order valence-electron chi connectivity index (χ0n) is 16.3. The van der Waals surface area contributed by atoms with Crippen LogP contribution in [0.5, 0.6) is 11.5 Å². The second-order valence-corrected chi connectivity index (χ2v) is 8.13. The highest BCUT2D eigenvalue weighted by molar-refractivity contribution is 7.89. The summed E-state index contributed by atoms with van der Waals surface area (Å²) in [6.07, 6.45) is 3.04. The van der Waals surface area contributed by atoms with E-state index in [-0.39, 0.29) is 10.8 Å². The van der Waals surface area contributed by atoms with Crippen molar-refractivity contribution in [1.82, 2.24) is 4.31 Å². The minimum absolute atomic E-state index is 0.160. The van der Waals surface area contributed by atoms with Gasteiger partial charge in [0.25, 0.3) is 0 Å². The average molecular weight is 404 g/mol. The summed E-state index contributed by atoms with van der Waals surface area (Å²) < 4.78 is 36.0.